The Bertz CT molecular complexity index is 669. The van der Waals surface area contributed by atoms with Crippen molar-refractivity contribution in [2.75, 3.05) is 12.8 Å². The van der Waals surface area contributed by atoms with Crippen LogP contribution >= 0.6 is 22.6 Å². The van der Waals surface area contributed by atoms with Gasteiger partial charge in [-0.25, -0.2) is 14.8 Å². The van der Waals surface area contributed by atoms with Crippen LogP contribution < -0.4 is 5.73 Å². The molecule has 0 bridgehead atoms. The maximum absolute atomic E-state index is 11.8. The van der Waals surface area contributed by atoms with Crippen LogP contribution in [0.5, 0.6) is 0 Å². The van der Waals surface area contributed by atoms with Crippen molar-refractivity contribution in [2.45, 2.75) is 0 Å². The number of nitrogen functional groups attached to an aromatic ring is 1. The van der Waals surface area contributed by atoms with Gasteiger partial charge in [0.15, 0.2) is 11.5 Å². The highest BCUT2D eigenvalue weighted by Gasteiger charge is 2.18. The summed E-state index contributed by atoms with van der Waals surface area (Å²) in [5, 5.41) is 0. The second-order valence-electron chi connectivity index (χ2n) is 3.90. The number of carbonyl (C=O) groups excluding carboxylic acids is 1. The van der Waals surface area contributed by atoms with E-state index in [0.29, 0.717) is 11.4 Å². The standard InChI is InChI=1S/C14H12IN3O2/c1-3-10-11(14(19)20-2)17-13(18-12(10)16)8-4-6-9(15)7-5-8/h3-7H,1H2,2H3,(H2,16,17,18). The summed E-state index contributed by atoms with van der Waals surface area (Å²) in [6.45, 7) is 3.61. The fourth-order valence-electron chi connectivity index (χ4n) is 1.67. The van der Waals surface area contributed by atoms with Crippen molar-refractivity contribution in [1.82, 2.24) is 9.97 Å². The summed E-state index contributed by atoms with van der Waals surface area (Å²) >= 11 is 2.20. The number of benzene rings is 1. The van der Waals surface area contributed by atoms with Gasteiger partial charge < -0.3 is 10.5 Å². The molecule has 0 atom stereocenters. The van der Waals surface area contributed by atoms with Crippen molar-refractivity contribution in [3.8, 4) is 11.4 Å². The first-order valence-electron chi connectivity index (χ1n) is 5.71. The van der Waals surface area contributed by atoms with Gasteiger partial charge in [-0.2, -0.15) is 0 Å². The van der Waals surface area contributed by atoms with Crippen LogP contribution in [0.3, 0.4) is 0 Å². The molecule has 0 saturated carbocycles. The minimum absolute atomic E-state index is 0.114. The van der Waals surface area contributed by atoms with Gasteiger partial charge in [0.1, 0.15) is 5.82 Å². The van der Waals surface area contributed by atoms with Crippen LogP contribution in [-0.4, -0.2) is 23.0 Å². The van der Waals surface area contributed by atoms with Crippen LogP contribution in [0.25, 0.3) is 17.5 Å². The lowest BCUT2D eigenvalue weighted by molar-refractivity contribution is 0.0594. The van der Waals surface area contributed by atoms with Crippen molar-refractivity contribution in [3.05, 3.63) is 45.7 Å². The van der Waals surface area contributed by atoms with Crippen LogP contribution in [0.15, 0.2) is 30.8 Å². The molecule has 0 aliphatic rings. The van der Waals surface area contributed by atoms with E-state index in [1.54, 1.807) is 0 Å². The molecule has 0 amide bonds. The number of hydrogen-bond donors (Lipinski definition) is 1. The molecule has 6 heteroatoms. The van der Waals surface area contributed by atoms with Crippen molar-refractivity contribution in [3.63, 3.8) is 0 Å². The first kappa shape index (κ1) is 14.4. The number of carbonyl (C=O) groups is 1. The first-order valence-corrected chi connectivity index (χ1v) is 6.79. The summed E-state index contributed by atoms with van der Waals surface area (Å²) < 4.78 is 5.80. The highest BCUT2D eigenvalue weighted by molar-refractivity contribution is 14.1. The molecule has 1 aromatic carbocycles. The van der Waals surface area contributed by atoms with Crippen LogP contribution in [0.1, 0.15) is 16.1 Å². The molecule has 0 spiro atoms. The number of anilines is 1. The molecule has 2 rings (SSSR count). The number of ether oxygens (including phenoxy) is 1. The number of esters is 1. The number of nitrogens with two attached hydrogens (primary N) is 1. The van der Waals surface area contributed by atoms with Gasteiger partial charge in [-0.15, -0.1) is 0 Å². The average Bonchev–Trinajstić information content (AvgIpc) is 2.46. The topological polar surface area (TPSA) is 78.1 Å². The van der Waals surface area contributed by atoms with E-state index in [2.05, 4.69) is 39.1 Å². The van der Waals surface area contributed by atoms with E-state index in [1.165, 1.54) is 13.2 Å². The third-order valence-electron chi connectivity index (χ3n) is 2.66. The van der Waals surface area contributed by atoms with E-state index in [-0.39, 0.29) is 11.5 Å². The van der Waals surface area contributed by atoms with E-state index in [0.717, 1.165) is 9.13 Å². The second-order valence-corrected chi connectivity index (χ2v) is 5.14. The zero-order chi connectivity index (χ0) is 14.7. The molecule has 0 unspecified atom stereocenters. The van der Waals surface area contributed by atoms with Gasteiger partial charge in [0.05, 0.1) is 7.11 Å². The molecule has 1 aromatic heterocycles. The summed E-state index contributed by atoms with van der Waals surface area (Å²) in [6.07, 6.45) is 1.44. The van der Waals surface area contributed by atoms with Gasteiger partial charge in [0.2, 0.25) is 0 Å². The number of methoxy groups -OCH3 is 1. The largest absolute Gasteiger partial charge is 0.464 e. The molecule has 102 valence electrons. The zero-order valence-electron chi connectivity index (χ0n) is 10.8. The van der Waals surface area contributed by atoms with Gasteiger partial charge in [-0.1, -0.05) is 24.8 Å². The maximum atomic E-state index is 11.8. The smallest absolute Gasteiger partial charge is 0.357 e. The Morgan fingerprint density at radius 3 is 2.55 bits per heavy atom. The molecular weight excluding hydrogens is 369 g/mol. The number of aromatic nitrogens is 2. The molecule has 0 aliphatic heterocycles. The van der Waals surface area contributed by atoms with Crippen LogP contribution in [0.4, 0.5) is 5.82 Å². The minimum atomic E-state index is -0.569. The predicted octanol–water partition coefficient (Wildman–Crippen LogP) is 2.76. The van der Waals surface area contributed by atoms with E-state index in [9.17, 15) is 4.79 Å². The molecule has 2 aromatic rings. The lowest BCUT2D eigenvalue weighted by atomic mass is 10.1. The summed E-state index contributed by atoms with van der Waals surface area (Å²) in [4.78, 5) is 20.2. The normalized spacial score (nSPS) is 10.1. The molecule has 2 N–H and O–H groups in total. The molecule has 20 heavy (non-hydrogen) atoms. The lowest BCUT2D eigenvalue weighted by Crippen LogP contribution is -2.11. The third-order valence-corrected chi connectivity index (χ3v) is 3.38. The summed E-state index contributed by atoms with van der Waals surface area (Å²) in [5.74, 6) is 0.00890. The van der Waals surface area contributed by atoms with Crippen molar-refractivity contribution in [1.29, 1.82) is 0 Å². The fourth-order valence-corrected chi connectivity index (χ4v) is 2.03. The molecule has 0 fully saturated rings. The molecule has 5 nitrogen and oxygen atoms in total. The Kier molecular flexibility index (Phi) is 4.33. The van der Waals surface area contributed by atoms with Crippen molar-refractivity contribution >= 4 is 40.5 Å². The number of hydrogen-bond acceptors (Lipinski definition) is 5. The van der Waals surface area contributed by atoms with Crippen molar-refractivity contribution < 1.29 is 9.53 Å². The van der Waals surface area contributed by atoms with Gasteiger partial charge >= 0.3 is 5.97 Å². The zero-order valence-corrected chi connectivity index (χ0v) is 12.9. The number of halogens is 1. The first-order chi connectivity index (χ1) is 9.56. The SMILES string of the molecule is C=Cc1c(N)nc(-c2ccc(I)cc2)nc1C(=O)OC. The third kappa shape index (κ3) is 2.79. The summed E-state index contributed by atoms with van der Waals surface area (Å²) in [7, 11) is 1.29. The Balaban J connectivity index is 2.61. The fraction of sp³-hybridized carbons (Fsp3) is 0.0714. The second kappa shape index (κ2) is 6.00. The van der Waals surface area contributed by atoms with Crippen molar-refractivity contribution in [2.24, 2.45) is 0 Å². The Morgan fingerprint density at radius 1 is 1.35 bits per heavy atom. The van der Waals surface area contributed by atoms with Gasteiger partial charge in [0.25, 0.3) is 0 Å². The molecule has 0 saturated heterocycles. The molecule has 0 radical (unpaired) electrons. The van der Waals surface area contributed by atoms with Gasteiger partial charge in [-0.3, -0.25) is 0 Å². The molecular formula is C14H12IN3O2. The predicted molar refractivity (Wildman–Crippen MR) is 86.0 cm³/mol. The molecule has 1 heterocycles. The van der Waals surface area contributed by atoms with E-state index in [4.69, 9.17) is 10.5 Å². The summed E-state index contributed by atoms with van der Waals surface area (Å²) in [5.41, 5.74) is 7.13. The molecule has 0 aliphatic carbocycles. The van der Waals surface area contributed by atoms with Crippen LogP contribution in [0, 0.1) is 3.57 Å². The van der Waals surface area contributed by atoms with Crippen LogP contribution in [0.2, 0.25) is 0 Å². The maximum Gasteiger partial charge on any atom is 0.357 e. The van der Waals surface area contributed by atoms with E-state index < -0.39 is 5.97 Å². The van der Waals surface area contributed by atoms with Crippen LogP contribution in [-0.2, 0) is 4.74 Å². The Labute approximate surface area is 130 Å². The Hall–Kier alpha value is -1.96. The monoisotopic (exact) mass is 381 g/mol. The van der Waals surface area contributed by atoms with E-state index in [1.807, 2.05) is 24.3 Å². The quantitative estimate of drug-likeness (QED) is 0.654. The highest BCUT2D eigenvalue weighted by atomic mass is 127. The lowest BCUT2D eigenvalue weighted by Gasteiger charge is -2.09. The van der Waals surface area contributed by atoms with Gasteiger partial charge in [-0.05, 0) is 34.7 Å². The van der Waals surface area contributed by atoms with E-state index >= 15 is 0 Å². The Morgan fingerprint density at radius 2 is 2.00 bits per heavy atom. The highest BCUT2D eigenvalue weighted by Crippen LogP contribution is 2.22. The summed E-state index contributed by atoms with van der Waals surface area (Å²) in [6, 6.07) is 7.58. The number of rotatable bonds is 3. The minimum Gasteiger partial charge on any atom is -0.464 e. The number of nitrogens with zero attached hydrogens (tertiary/aromatic N) is 2. The average molecular weight is 381 g/mol. The van der Waals surface area contributed by atoms with Gasteiger partial charge in [0, 0.05) is 14.7 Å².